The molecule has 1 aliphatic heterocycles. The molecule has 2 N–H and O–H groups in total. The van der Waals surface area contributed by atoms with Crippen LogP contribution in [0.1, 0.15) is 32.1 Å². The Balaban J connectivity index is 1.92. The van der Waals surface area contributed by atoms with Gasteiger partial charge in [0, 0.05) is 12.5 Å². The van der Waals surface area contributed by atoms with E-state index in [-0.39, 0.29) is 6.42 Å². The number of rotatable bonds is 5. The molecule has 0 unspecified atom stereocenters. The third-order valence-corrected chi connectivity index (χ3v) is 2.66. The maximum atomic E-state index is 11.8. The van der Waals surface area contributed by atoms with Gasteiger partial charge in [0.15, 0.2) is 0 Å². The minimum absolute atomic E-state index is 0.238. The number of unbranched alkanes of at least 4 members (excludes halogenated alkanes) is 1. The summed E-state index contributed by atoms with van der Waals surface area (Å²) in [4.78, 5) is 0. The first-order chi connectivity index (χ1) is 7.08. The summed E-state index contributed by atoms with van der Waals surface area (Å²) >= 11 is 0. The van der Waals surface area contributed by atoms with E-state index in [0.29, 0.717) is 19.0 Å². The van der Waals surface area contributed by atoms with Crippen LogP contribution in [-0.2, 0) is 0 Å². The third-order valence-electron chi connectivity index (χ3n) is 2.66. The van der Waals surface area contributed by atoms with Gasteiger partial charge in [-0.3, -0.25) is 0 Å². The summed E-state index contributed by atoms with van der Waals surface area (Å²) in [5, 5.41) is 6.55. The Bertz CT molecular complexity index is 165. The number of alkyl halides is 3. The largest absolute Gasteiger partial charge is 0.389 e. The van der Waals surface area contributed by atoms with Gasteiger partial charge < -0.3 is 10.6 Å². The highest BCUT2D eigenvalue weighted by Gasteiger charge is 2.25. The Morgan fingerprint density at radius 1 is 1.13 bits per heavy atom. The molecule has 0 aromatic heterocycles. The number of halogens is 3. The van der Waals surface area contributed by atoms with Crippen molar-refractivity contribution in [1.82, 2.24) is 10.6 Å². The Morgan fingerprint density at radius 3 is 2.40 bits per heavy atom. The van der Waals surface area contributed by atoms with Crippen molar-refractivity contribution in [1.29, 1.82) is 0 Å². The summed E-state index contributed by atoms with van der Waals surface area (Å²) in [6.45, 7) is 2.74. The van der Waals surface area contributed by atoms with Crippen LogP contribution in [0.5, 0.6) is 0 Å². The summed E-state index contributed by atoms with van der Waals surface area (Å²) in [6, 6.07) is 0.497. The van der Waals surface area contributed by atoms with Crippen LogP contribution in [0.3, 0.4) is 0 Å². The molecule has 1 fully saturated rings. The Labute approximate surface area is 88.6 Å². The van der Waals surface area contributed by atoms with E-state index < -0.39 is 12.6 Å². The van der Waals surface area contributed by atoms with Crippen LogP contribution in [0.15, 0.2) is 0 Å². The van der Waals surface area contributed by atoms with Crippen LogP contribution in [-0.4, -0.2) is 31.9 Å². The average Bonchev–Trinajstić information content (AvgIpc) is 2.17. The molecule has 0 amide bonds. The van der Waals surface area contributed by atoms with Crippen molar-refractivity contribution in [3.05, 3.63) is 0 Å². The van der Waals surface area contributed by atoms with Crippen molar-refractivity contribution in [2.24, 2.45) is 0 Å². The second-order valence-electron chi connectivity index (χ2n) is 4.05. The second-order valence-corrected chi connectivity index (χ2v) is 4.05. The molecule has 1 aliphatic rings. The molecule has 0 aliphatic carbocycles. The van der Waals surface area contributed by atoms with Crippen LogP contribution >= 0.6 is 0 Å². The van der Waals surface area contributed by atoms with E-state index in [1.807, 2.05) is 0 Å². The van der Waals surface area contributed by atoms with Crippen LogP contribution < -0.4 is 10.6 Å². The van der Waals surface area contributed by atoms with E-state index in [2.05, 4.69) is 10.6 Å². The molecule has 0 spiro atoms. The second kappa shape index (κ2) is 6.33. The molecule has 0 radical (unpaired) electrons. The predicted molar refractivity (Wildman–Crippen MR) is 53.8 cm³/mol. The highest BCUT2D eigenvalue weighted by Crippen LogP contribution is 2.21. The predicted octanol–water partition coefficient (Wildman–Crippen LogP) is 2.06. The van der Waals surface area contributed by atoms with Crippen molar-refractivity contribution in [3.63, 3.8) is 0 Å². The summed E-state index contributed by atoms with van der Waals surface area (Å²) in [5.41, 5.74) is 0. The van der Waals surface area contributed by atoms with Crippen molar-refractivity contribution in [2.45, 2.75) is 44.3 Å². The Morgan fingerprint density at radius 2 is 1.80 bits per heavy atom. The molecule has 0 aromatic carbocycles. The Kier molecular flexibility index (Phi) is 5.39. The monoisotopic (exact) mass is 224 g/mol. The maximum absolute atomic E-state index is 11.8. The minimum Gasteiger partial charge on any atom is -0.317 e. The molecule has 0 bridgehead atoms. The standard InChI is InChI=1S/C10H19F3N2/c11-10(12,13)5-1-2-6-15-9-3-7-14-8-4-9/h9,14-15H,1-8H2. The molecule has 0 saturated carbocycles. The van der Waals surface area contributed by atoms with Crippen LogP contribution in [0, 0.1) is 0 Å². The fourth-order valence-corrected chi connectivity index (χ4v) is 1.78. The lowest BCUT2D eigenvalue weighted by Gasteiger charge is -2.23. The lowest BCUT2D eigenvalue weighted by molar-refractivity contribution is -0.135. The molecule has 5 heteroatoms. The van der Waals surface area contributed by atoms with Crippen LogP contribution in [0.4, 0.5) is 13.2 Å². The topological polar surface area (TPSA) is 24.1 Å². The van der Waals surface area contributed by atoms with Gasteiger partial charge in [-0.2, -0.15) is 13.2 Å². The zero-order chi connectivity index (χ0) is 11.1. The van der Waals surface area contributed by atoms with E-state index in [4.69, 9.17) is 0 Å². The van der Waals surface area contributed by atoms with Crippen LogP contribution in [0.25, 0.3) is 0 Å². The van der Waals surface area contributed by atoms with Crippen molar-refractivity contribution < 1.29 is 13.2 Å². The molecule has 1 saturated heterocycles. The molecule has 1 heterocycles. The van der Waals surface area contributed by atoms with Gasteiger partial charge >= 0.3 is 6.18 Å². The average molecular weight is 224 g/mol. The summed E-state index contributed by atoms with van der Waals surface area (Å²) in [7, 11) is 0. The number of hydrogen-bond donors (Lipinski definition) is 2. The highest BCUT2D eigenvalue weighted by molar-refractivity contribution is 4.73. The van der Waals surface area contributed by atoms with E-state index in [0.717, 1.165) is 25.9 Å². The molecule has 15 heavy (non-hydrogen) atoms. The first kappa shape index (κ1) is 12.8. The number of nitrogens with one attached hydrogen (secondary N) is 2. The molecule has 1 rings (SSSR count). The van der Waals surface area contributed by atoms with E-state index in [1.165, 1.54) is 0 Å². The molecule has 90 valence electrons. The molecular weight excluding hydrogens is 205 g/mol. The zero-order valence-corrected chi connectivity index (χ0v) is 8.87. The molecular formula is C10H19F3N2. The number of hydrogen-bond acceptors (Lipinski definition) is 2. The molecule has 2 nitrogen and oxygen atoms in total. The fraction of sp³-hybridized carbons (Fsp3) is 1.00. The van der Waals surface area contributed by atoms with Gasteiger partial charge in [-0.05, 0) is 45.3 Å². The first-order valence-electron chi connectivity index (χ1n) is 5.59. The highest BCUT2D eigenvalue weighted by atomic mass is 19.4. The molecule has 0 aromatic rings. The quantitative estimate of drug-likeness (QED) is 0.698. The van der Waals surface area contributed by atoms with Gasteiger partial charge in [-0.25, -0.2) is 0 Å². The van der Waals surface area contributed by atoms with Gasteiger partial charge in [-0.1, -0.05) is 0 Å². The molecule has 0 atom stereocenters. The smallest absolute Gasteiger partial charge is 0.317 e. The van der Waals surface area contributed by atoms with E-state index >= 15 is 0 Å². The summed E-state index contributed by atoms with van der Waals surface area (Å²) in [6.07, 6.45) is -1.63. The van der Waals surface area contributed by atoms with Gasteiger partial charge in [0.1, 0.15) is 0 Å². The number of piperidine rings is 1. The normalized spacial score (nSPS) is 19.4. The van der Waals surface area contributed by atoms with Gasteiger partial charge in [0.25, 0.3) is 0 Å². The lowest BCUT2D eigenvalue weighted by Crippen LogP contribution is -2.40. The first-order valence-corrected chi connectivity index (χ1v) is 5.59. The van der Waals surface area contributed by atoms with Crippen molar-refractivity contribution in [2.75, 3.05) is 19.6 Å². The van der Waals surface area contributed by atoms with Crippen molar-refractivity contribution >= 4 is 0 Å². The maximum Gasteiger partial charge on any atom is 0.389 e. The zero-order valence-electron chi connectivity index (χ0n) is 8.87. The lowest BCUT2D eigenvalue weighted by atomic mass is 10.1. The van der Waals surface area contributed by atoms with E-state index in [9.17, 15) is 13.2 Å². The Hall–Kier alpha value is -0.290. The van der Waals surface area contributed by atoms with Gasteiger partial charge in [0.05, 0.1) is 0 Å². The van der Waals surface area contributed by atoms with Crippen LogP contribution in [0.2, 0.25) is 0 Å². The fourth-order valence-electron chi connectivity index (χ4n) is 1.78. The summed E-state index contributed by atoms with van der Waals surface area (Å²) < 4.78 is 35.4. The third kappa shape index (κ3) is 6.73. The summed E-state index contributed by atoms with van der Waals surface area (Å²) in [5.74, 6) is 0. The minimum atomic E-state index is -3.99. The SMILES string of the molecule is FC(F)(F)CCCCNC1CCNCC1. The van der Waals surface area contributed by atoms with Crippen molar-refractivity contribution in [3.8, 4) is 0 Å². The van der Waals surface area contributed by atoms with Gasteiger partial charge in [-0.15, -0.1) is 0 Å². The van der Waals surface area contributed by atoms with E-state index in [1.54, 1.807) is 0 Å². The van der Waals surface area contributed by atoms with Gasteiger partial charge in [0.2, 0.25) is 0 Å².